The Labute approximate surface area is 126 Å². The molecule has 1 fully saturated rings. The van der Waals surface area contributed by atoms with Gasteiger partial charge < -0.3 is 0 Å². The largest absolute Gasteiger partial charge is 0.0851 e. The van der Waals surface area contributed by atoms with Gasteiger partial charge >= 0.3 is 0 Å². The van der Waals surface area contributed by atoms with Crippen LogP contribution in [0.2, 0.25) is 0 Å². The van der Waals surface area contributed by atoms with E-state index in [9.17, 15) is 0 Å². The van der Waals surface area contributed by atoms with Crippen molar-refractivity contribution in [1.29, 1.82) is 0 Å². The molecule has 0 aliphatic heterocycles. The molecule has 2 aliphatic rings. The van der Waals surface area contributed by atoms with Crippen molar-refractivity contribution in [2.24, 2.45) is 17.3 Å². The van der Waals surface area contributed by atoms with Gasteiger partial charge in [0.05, 0.1) is 0 Å². The van der Waals surface area contributed by atoms with E-state index in [2.05, 4.69) is 52.8 Å². The van der Waals surface area contributed by atoms with Crippen molar-refractivity contribution in [2.45, 2.75) is 73.1 Å². The second kappa shape index (κ2) is 6.33. The van der Waals surface area contributed by atoms with Gasteiger partial charge in [-0.25, -0.2) is 0 Å². The molecule has 2 rings (SSSR count). The molecule has 0 aromatic heterocycles. The highest BCUT2D eigenvalue weighted by Gasteiger charge is 2.44. The molecule has 0 amide bonds. The Kier molecular flexibility index (Phi) is 4.94. The van der Waals surface area contributed by atoms with Gasteiger partial charge in [0.15, 0.2) is 0 Å². The average molecular weight is 272 g/mol. The van der Waals surface area contributed by atoms with Crippen molar-refractivity contribution in [3.63, 3.8) is 0 Å². The minimum absolute atomic E-state index is 0.564. The Morgan fingerprint density at radius 3 is 2.70 bits per heavy atom. The molecule has 0 aromatic carbocycles. The SMILES string of the molecule is CC(C)=CCC=C(C)C1CCC2(C)CC=C(C)CCC12. The number of hydrogen-bond donors (Lipinski definition) is 0. The van der Waals surface area contributed by atoms with Gasteiger partial charge in [0.1, 0.15) is 0 Å². The summed E-state index contributed by atoms with van der Waals surface area (Å²) in [5.41, 5.74) is 5.26. The normalized spacial score (nSPS) is 34.2. The van der Waals surface area contributed by atoms with Crippen LogP contribution in [0.5, 0.6) is 0 Å². The van der Waals surface area contributed by atoms with Crippen molar-refractivity contribution >= 4 is 0 Å². The van der Waals surface area contributed by atoms with Gasteiger partial charge in [-0.3, -0.25) is 0 Å². The van der Waals surface area contributed by atoms with Crippen molar-refractivity contribution in [3.8, 4) is 0 Å². The van der Waals surface area contributed by atoms with Crippen LogP contribution in [0.4, 0.5) is 0 Å². The van der Waals surface area contributed by atoms with Crippen molar-refractivity contribution < 1.29 is 0 Å². The standard InChI is InChI=1S/C20H32/c1-15(2)7-6-8-17(4)18-12-14-20(5)13-11-16(3)9-10-19(18)20/h7-8,11,18-19H,6,9-10,12-14H2,1-5H3. The lowest BCUT2D eigenvalue weighted by atomic mass is 9.72. The predicted molar refractivity (Wildman–Crippen MR) is 89.7 cm³/mol. The van der Waals surface area contributed by atoms with Gasteiger partial charge in [-0.2, -0.15) is 0 Å². The first kappa shape index (κ1) is 15.6. The zero-order valence-corrected chi connectivity index (χ0v) is 14.1. The summed E-state index contributed by atoms with van der Waals surface area (Å²) in [6.07, 6.45) is 15.3. The fourth-order valence-electron chi connectivity index (χ4n) is 4.23. The molecule has 0 spiro atoms. The first-order valence-corrected chi connectivity index (χ1v) is 8.38. The molecule has 3 unspecified atom stereocenters. The van der Waals surface area contributed by atoms with Gasteiger partial charge in [-0.05, 0) is 83.5 Å². The average Bonchev–Trinajstić information content (AvgIpc) is 2.64. The molecule has 0 nitrogen and oxygen atoms in total. The zero-order valence-electron chi connectivity index (χ0n) is 14.1. The van der Waals surface area contributed by atoms with Crippen LogP contribution in [0.3, 0.4) is 0 Å². The van der Waals surface area contributed by atoms with E-state index in [4.69, 9.17) is 0 Å². The summed E-state index contributed by atoms with van der Waals surface area (Å²) in [5, 5.41) is 0. The minimum Gasteiger partial charge on any atom is -0.0851 e. The lowest BCUT2D eigenvalue weighted by molar-refractivity contribution is 0.201. The first-order valence-electron chi connectivity index (χ1n) is 8.38. The van der Waals surface area contributed by atoms with Crippen molar-refractivity contribution in [1.82, 2.24) is 0 Å². The van der Waals surface area contributed by atoms with E-state index >= 15 is 0 Å². The zero-order chi connectivity index (χ0) is 14.8. The van der Waals surface area contributed by atoms with Crippen molar-refractivity contribution in [3.05, 3.63) is 34.9 Å². The number of fused-ring (bicyclic) bond motifs is 1. The lowest BCUT2D eigenvalue weighted by Crippen LogP contribution is -2.24. The van der Waals surface area contributed by atoms with Gasteiger partial charge in [0, 0.05) is 0 Å². The van der Waals surface area contributed by atoms with Crippen LogP contribution in [-0.2, 0) is 0 Å². The van der Waals surface area contributed by atoms with Crippen LogP contribution < -0.4 is 0 Å². The molecule has 0 N–H and O–H groups in total. The van der Waals surface area contributed by atoms with Gasteiger partial charge in [-0.15, -0.1) is 0 Å². The fraction of sp³-hybridized carbons (Fsp3) is 0.700. The quantitative estimate of drug-likeness (QED) is 0.518. The molecule has 20 heavy (non-hydrogen) atoms. The summed E-state index contributed by atoms with van der Waals surface area (Å²) in [6.45, 7) is 11.6. The Hall–Kier alpha value is -0.780. The molecule has 0 heterocycles. The molecular formula is C20H32. The Bertz CT molecular complexity index is 431. The summed E-state index contributed by atoms with van der Waals surface area (Å²) >= 11 is 0. The number of rotatable bonds is 3. The van der Waals surface area contributed by atoms with E-state index in [1.165, 1.54) is 37.7 Å². The second-order valence-electron chi connectivity index (χ2n) is 7.66. The molecule has 0 radical (unpaired) electrons. The molecule has 1 saturated carbocycles. The third-order valence-electron chi connectivity index (χ3n) is 5.72. The summed E-state index contributed by atoms with van der Waals surface area (Å²) in [6, 6.07) is 0. The molecule has 0 heteroatoms. The summed E-state index contributed by atoms with van der Waals surface area (Å²) < 4.78 is 0. The highest BCUT2D eigenvalue weighted by atomic mass is 14.5. The van der Waals surface area contributed by atoms with Crippen LogP contribution in [-0.4, -0.2) is 0 Å². The van der Waals surface area contributed by atoms with E-state index in [0.29, 0.717) is 5.41 Å². The minimum atomic E-state index is 0.564. The van der Waals surface area contributed by atoms with Crippen LogP contribution >= 0.6 is 0 Å². The smallest absolute Gasteiger partial charge is 0.0164 e. The molecular weight excluding hydrogens is 240 g/mol. The monoisotopic (exact) mass is 272 g/mol. The third-order valence-corrected chi connectivity index (χ3v) is 5.72. The highest BCUT2D eigenvalue weighted by molar-refractivity contribution is 5.16. The Morgan fingerprint density at radius 1 is 1.25 bits per heavy atom. The van der Waals surface area contributed by atoms with E-state index < -0.39 is 0 Å². The van der Waals surface area contributed by atoms with Crippen LogP contribution in [0, 0.1) is 17.3 Å². The van der Waals surface area contributed by atoms with Crippen LogP contribution in [0.1, 0.15) is 73.1 Å². The van der Waals surface area contributed by atoms with Gasteiger partial charge in [0.2, 0.25) is 0 Å². The Morgan fingerprint density at radius 2 is 2.00 bits per heavy atom. The van der Waals surface area contributed by atoms with Crippen LogP contribution in [0.25, 0.3) is 0 Å². The fourth-order valence-corrected chi connectivity index (χ4v) is 4.23. The molecule has 112 valence electrons. The predicted octanol–water partition coefficient (Wildman–Crippen LogP) is 6.45. The molecule has 0 bridgehead atoms. The van der Waals surface area contributed by atoms with E-state index in [1.54, 1.807) is 11.1 Å². The summed E-state index contributed by atoms with van der Waals surface area (Å²) in [5.74, 6) is 1.74. The Balaban J connectivity index is 2.09. The summed E-state index contributed by atoms with van der Waals surface area (Å²) in [4.78, 5) is 0. The van der Waals surface area contributed by atoms with E-state index in [0.717, 1.165) is 18.3 Å². The molecule has 0 saturated heterocycles. The molecule has 2 aliphatic carbocycles. The van der Waals surface area contributed by atoms with E-state index in [1.807, 2.05) is 0 Å². The number of hydrogen-bond acceptors (Lipinski definition) is 0. The van der Waals surface area contributed by atoms with E-state index in [-0.39, 0.29) is 0 Å². The second-order valence-corrected chi connectivity index (χ2v) is 7.66. The first-order chi connectivity index (χ1) is 9.42. The number of allylic oxidation sites excluding steroid dienone is 6. The maximum Gasteiger partial charge on any atom is -0.0164 e. The van der Waals surface area contributed by atoms with Gasteiger partial charge in [0.25, 0.3) is 0 Å². The van der Waals surface area contributed by atoms with Gasteiger partial charge in [-0.1, -0.05) is 41.9 Å². The maximum absolute atomic E-state index is 2.54. The maximum atomic E-state index is 2.54. The van der Waals surface area contributed by atoms with Crippen LogP contribution in [0.15, 0.2) is 34.9 Å². The van der Waals surface area contributed by atoms with Crippen molar-refractivity contribution in [2.75, 3.05) is 0 Å². The topological polar surface area (TPSA) is 0 Å². The third kappa shape index (κ3) is 3.45. The molecule has 0 aromatic rings. The molecule has 3 atom stereocenters. The highest BCUT2D eigenvalue weighted by Crippen LogP contribution is 2.55. The summed E-state index contributed by atoms with van der Waals surface area (Å²) in [7, 11) is 0. The lowest BCUT2D eigenvalue weighted by Gasteiger charge is -2.33.